The molecular formula is C46H58N2O16. The highest BCUT2D eigenvalue weighted by Gasteiger charge is 2.33. The molecule has 4 aromatic rings. The summed E-state index contributed by atoms with van der Waals surface area (Å²) in [5.41, 5.74) is 4.38. The molecule has 0 aromatic heterocycles. The van der Waals surface area contributed by atoms with Gasteiger partial charge in [0, 0.05) is 52.9 Å². The van der Waals surface area contributed by atoms with Crippen LogP contribution < -0.4 is 9.47 Å². The summed E-state index contributed by atoms with van der Waals surface area (Å²) in [6.07, 6.45) is -13.7. The second kappa shape index (κ2) is 22.5. The van der Waals surface area contributed by atoms with Gasteiger partial charge in [-0.15, -0.1) is 0 Å². The lowest BCUT2D eigenvalue weighted by Gasteiger charge is -2.28. The van der Waals surface area contributed by atoms with Crippen molar-refractivity contribution in [3.63, 3.8) is 0 Å². The standard InChI is InChI=1S/C46H58N2O16/c1-47(19-33(51)41(59)43(61)35(53)21-49)37(55)23-63-45-29-11-5-12-30(45)16-26-8-4-10-28(40(26)58)18-32-14-6-13-31(17-27-9-3-7-25(15-29)39(27)57)46(32)64-24-38(56)48(2)20-34(52)42(60)44(62)36(54)22-50/h3-14,33-36,41-44,49-54,57-62H,15-24H2,1-2H3. The maximum Gasteiger partial charge on any atom is 0.260 e. The Labute approximate surface area is 369 Å². The van der Waals surface area contributed by atoms with Gasteiger partial charge < -0.3 is 80.6 Å². The van der Waals surface area contributed by atoms with Gasteiger partial charge in [0.15, 0.2) is 13.2 Å². The number of likely N-dealkylation sites (N-methyl/N-ethyl adjacent to an activating group) is 2. The van der Waals surface area contributed by atoms with Crippen molar-refractivity contribution in [2.75, 3.05) is 53.6 Å². The molecule has 0 saturated heterocycles. The van der Waals surface area contributed by atoms with Crippen LogP contribution in [0.3, 0.4) is 0 Å². The molecule has 0 spiro atoms. The quantitative estimate of drug-likeness (QED) is 0.0468. The number of carbonyl (C=O) groups excluding carboxylic acids is 2. The number of fused-ring (bicyclic) bond motifs is 8. The number of carbonyl (C=O) groups is 2. The van der Waals surface area contributed by atoms with E-state index >= 15 is 0 Å². The molecule has 18 heteroatoms. The Morgan fingerprint density at radius 1 is 0.469 bits per heavy atom. The van der Waals surface area contributed by atoms with Gasteiger partial charge in [-0.05, 0) is 44.5 Å². The molecule has 2 amide bonds. The number of nitrogens with zero attached hydrogens (tertiary/aromatic N) is 2. The number of hydrogen-bond donors (Lipinski definition) is 12. The lowest BCUT2D eigenvalue weighted by atomic mass is 9.91. The predicted octanol–water partition coefficient (Wildman–Crippen LogP) is -1.68. The fourth-order valence-electron chi connectivity index (χ4n) is 7.48. The van der Waals surface area contributed by atoms with Gasteiger partial charge in [0.05, 0.1) is 13.2 Å². The number of rotatable bonds is 18. The number of aliphatic hydroxyl groups is 10. The van der Waals surface area contributed by atoms with Crippen molar-refractivity contribution in [3.8, 4) is 23.0 Å². The third-order valence-electron chi connectivity index (χ3n) is 11.4. The molecule has 1 aliphatic rings. The van der Waals surface area contributed by atoms with Gasteiger partial charge in [-0.1, -0.05) is 72.8 Å². The molecule has 348 valence electrons. The van der Waals surface area contributed by atoms with Crippen LogP contribution >= 0.6 is 0 Å². The van der Waals surface area contributed by atoms with E-state index in [1.807, 2.05) is 0 Å². The number of ether oxygens (including phenoxy) is 2. The molecule has 0 fully saturated rings. The van der Waals surface area contributed by atoms with Gasteiger partial charge in [0.2, 0.25) is 0 Å². The van der Waals surface area contributed by atoms with Crippen LogP contribution in [0.25, 0.3) is 0 Å². The third kappa shape index (κ3) is 12.0. The predicted molar refractivity (Wildman–Crippen MR) is 229 cm³/mol. The van der Waals surface area contributed by atoms with Crippen LogP contribution in [-0.4, -0.2) is 185 Å². The van der Waals surface area contributed by atoms with Crippen molar-refractivity contribution >= 4 is 11.8 Å². The van der Waals surface area contributed by atoms with Crippen LogP contribution in [0.15, 0.2) is 72.8 Å². The molecule has 8 atom stereocenters. The lowest BCUT2D eigenvalue weighted by Crippen LogP contribution is -2.50. The Morgan fingerprint density at radius 2 is 0.719 bits per heavy atom. The first-order valence-corrected chi connectivity index (χ1v) is 20.7. The molecule has 1 aliphatic carbocycles. The van der Waals surface area contributed by atoms with E-state index in [4.69, 9.17) is 19.7 Å². The number of benzene rings is 4. The maximum absolute atomic E-state index is 13.3. The average molecular weight is 895 g/mol. The van der Waals surface area contributed by atoms with Gasteiger partial charge in [-0.25, -0.2) is 0 Å². The molecule has 0 radical (unpaired) electrons. The highest BCUT2D eigenvalue weighted by atomic mass is 16.5. The number of aromatic hydroxyl groups is 2. The molecule has 5 rings (SSSR count). The minimum absolute atomic E-state index is 0.0288. The molecule has 8 bridgehead atoms. The van der Waals surface area contributed by atoms with E-state index in [2.05, 4.69) is 0 Å². The second-order valence-corrected chi connectivity index (χ2v) is 16.1. The van der Waals surface area contributed by atoms with Crippen LogP contribution in [0.4, 0.5) is 0 Å². The Hall–Kier alpha value is -5.38. The minimum Gasteiger partial charge on any atom is -0.507 e. The average Bonchev–Trinajstić information content (AvgIpc) is 3.28. The molecule has 18 nitrogen and oxygen atoms in total. The smallest absolute Gasteiger partial charge is 0.260 e. The molecular weight excluding hydrogens is 837 g/mol. The summed E-state index contributed by atoms with van der Waals surface area (Å²) in [5.74, 6) is -0.661. The van der Waals surface area contributed by atoms with E-state index in [1.165, 1.54) is 14.1 Å². The maximum atomic E-state index is 13.3. The van der Waals surface area contributed by atoms with Crippen molar-refractivity contribution in [1.82, 2.24) is 9.80 Å². The highest BCUT2D eigenvalue weighted by Crippen LogP contribution is 2.38. The van der Waals surface area contributed by atoms with Crippen molar-refractivity contribution in [2.24, 2.45) is 0 Å². The first-order chi connectivity index (χ1) is 30.4. The summed E-state index contributed by atoms with van der Waals surface area (Å²) in [5, 5.41) is 123. The van der Waals surface area contributed by atoms with E-state index in [-0.39, 0.29) is 37.2 Å². The largest absolute Gasteiger partial charge is 0.507 e. The Kier molecular flexibility index (Phi) is 17.4. The summed E-state index contributed by atoms with van der Waals surface area (Å²) in [4.78, 5) is 28.8. The van der Waals surface area contributed by atoms with E-state index in [1.54, 1.807) is 72.8 Å². The second-order valence-electron chi connectivity index (χ2n) is 16.1. The number of phenolic OH excluding ortho intramolecular Hbond substituents is 2. The molecule has 64 heavy (non-hydrogen) atoms. The molecule has 0 aliphatic heterocycles. The normalized spacial score (nSPS) is 16.3. The van der Waals surface area contributed by atoms with Crippen LogP contribution in [-0.2, 0) is 35.3 Å². The van der Waals surface area contributed by atoms with Gasteiger partial charge >= 0.3 is 0 Å². The zero-order valence-electron chi connectivity index (χ0n) is 35.5. The fourth-order valence-corrected chi connectivity index (χ4v) is 7.48. The zero-order valence-corrected chi connectivity index (χ0v) is 35.5. The van der Waals surface area contributed by atoms with E-state index in [0.717, 1.165) is 9.80 Å². The number of hydrogen-bond acceptors (Lipinski definition) is 16. The molecule has 12 N–H and O–H groups in total. The van der Waals surface area contributed by atoms with Crippen molar-refractivity contribution in [1.29, 1.82) is 0 Å². The van der Waals surface area contributed by atoms with Crippen molar-refractivity contribution < 1.29 is 80.3 Å². The Bertz CT molecular complexity index is 1970. The molecule has 0 heterocycles. The van der Waals surface area contributed by atoms with Gasteiger partial charge in [-0.3, -0.25) is 9.59 Å². The first kappa shape index (κ1) is 49.6. The monoisotopic (exact) mass is 894 g/mol. The fraction of sp³-hybridized carbons (Fsp3) is 0.435. The summed E-state index contributed by atoms with van der Waals surface area (Å²) in [7, 11) is 2.70. The van der Waals surface area contributed by atoms with E-state index < -0.39 is 100 Å². The highest BCUT2D eigenvalue weighted by molar-refractivity contribution is 5.78. The molecule has 8 unspecified atom stereocenters. The van der Waals surface area contributed by atoms with Gasteiger partial charge in [0.25, 0.3) is 11.8 Å². The van der Waals surface area contributed by atoms with Gasteiger partial charge in [0.1, 0.15) is 71.8 Å². The summed E-state index contributed by atoms with van der Waals surface area (Å²) < 4.78 is 12.4. The van der Waals surface area contributed by atoms with Crippen LogP contribution in [0.1, 0.15) is 44.5 Å². The molecule has 0 saturated carbocycles. The number of amides is 2. The summed E-state index contributed by atoms with van der Waals surface area (Å²) >= 11 is 0. The number of phenols is 2. The Morgan fingerprint density at radius 3 is 0.984 bits per heavy atom. The van der Waals surface area contributed by atoms with Crippen molar-refractivity contribution in [3.05, 3.63) is 117 Å². The molecule has 4 aromatic carbocycles. The lowest BCUT2D eigenvalue weighted by molar-refractivity contribution is -0.140. The zero-order chi connectivity index (χ0) is 46.8. The SMILES string of the molecule is CN(CC(O)C(O)C(O)C(O)CO)C(=O)COc1c2cccc1Cc1cccc(c1O)Cc1cccc(c1OCC(=O)N(C)CC(O)C(O)C(O)C(O)CO)Cc1cccc(c1O)C2. The number of aliphatic hydroxyl groups excluding tert-OH is 10. The van der Waals surface area contributed by atoms with E-state index in [0.29, 0.717) is 56.0 Å². The third-order valence-corrected chi connectivity index (χ3v) is 11.4. The van der Waals surface area contributed by atoms with E-state index in [9.17, 15) is 60.7 Å². The van der Waals surface area contributed by atoms with Crippen molar-refractivity contribution in [2.45, 2.75) is 74.5 Å². The first-order valence-electron chi connectivity index (χ1n) is 20.7. The summed E-state index contributed by atoms with van der Waals surface area (Å²) in [6, 6.07) is 21.2. The van der Waals surface area contributed by atoms with Crippen LogP contribution in [0.2, 0.25) is 0 Å². The Balaban J connectivity index is 1.44. The van der Waals surface area contributed by atoms with Crippen LogP contribution in [0.5, 0.6) is 23.0 Å². The summed E-state index contributed by atoms with van der Waals surface area (Å²) in [6.45, 7) is -3.67. The topological polar surface area (TPSA) is 302 Å². The minimum atomic E-state index is -1.87. The number of para-hydroxylation sites is 4. The van der Waals surface area contributed by atoms with Gasteiger partial charge in [-0.2, -0.15) is 0 Å². The van der Waals surface area contributed by atoms with Crippen LogP contribution in [0, 0.1) is 0 Å².